The number of rotatable bonds is 4. The summed E-state index contributed by atoms with van der Waals surface area (Å²) in [6, 6.07) is 10.1. The van der Waals surface area contributed by atoms with E-state index in [4.69, 9.17) is 4.98 Å². The third-order valence-corrected chi connectivity index (χ3v) is 6.46. The van der Waals surface area contributed by atoms with Crippen LogP contribution in [0.4, 0.5) is 0 Å². The summed E-state index contributed by atoms with van der Waals surface area (Å²) in [5.74, 6) is 1.38. The van der Waals surface area contributed by atoms with Crippen molar-refractivity contribution >= 4 is 48.9 Å². The average molecular weight is 397 g/mol. The maximum atomic E-state index is 12.4. The van der Waals surface area contributed by atoms with Crippen LogP contribution in [0.15, 0.2) is 40.5 Å². The second-order valence-electron chi connectivity index (χ2n) is 6.50. The van der Waals surface area contributed by atoms with Crippen molar-refractivity contribution in [2.75, 3.05) is 7.05 Å². The van der Waals surface area contributed by atoms with Crippen LogP contribution in [0.2, 0.25) is 0 Å². The summed E-state index contributed by atoms with van der Waals surface area (Å²) < 4.78 is 5.45. The lowest BCUT2D eigenvalue weighted by molar-refractivity contribution is 0.309. The number of para-hydroxylation sites is 1. The van der Waals surface area contributed by atoms with Gasteiger partial charge in [0.05, 0.1) is 28.8 Å². The van der Waals surface area contributed by atoms with Crippen LogP contribution in [-0.2, 0) is 20.1 Å². The zero-order valence-corrected chi connectivity index (χ0v) is 16.4. The van der Waals surface area contributed by atoms with Gasteiger partial charge >= 0.3 is 0 Å². The Morgan fingerprint density at radius 1 is 1.15 bits per heavy atom. The Labute approximate surface area is 162 Å². The van der Waals surface area contributed by atoms with Crippen LogP contribution in [0.25, 0.3) is 26.2 Å². The molecule has 0 saturated heterocycles. The molecule has 0 atom stereocenters. The lowest BCUT2D eigenvalue weighted by atomic mass is 10.3. The Kier molecular flexibility index (Phi) is 3.81. The number of aromatic nitrogens is 5. The summed E-state index contributed by atoms with van der Waals surface area (Å²) in [6.07, 6.45) is 0. The predicted molar refractivity (Wildman–Crippen MR) is 108 cm³/mol. The van der Waals surface area contributed by atoms with Gasteiger partial charge in [0, 0.05) is 7.05 Å². The SMILES string of the molecule is CN(Cc1nc2ccccc2s1)Cc1nnc2n(C)c(=O)c3sccc3n12. The van der Waals surface area contributed by atoms with Crippen LogP contribution in [0.5, 0.6) is 0 Å². The number of thiophene rings is 1. The van der Waals surface area contributed by atoms with Crippen LogP contribution in [0, 0.1) is 0 Å². The van der Waals surface area contributed by atoms with E-state index >= 15 is 0 Å². The van der Waals surface area contributed by atoms with Gasteiger partial charge in [-0.2, -0.15) is 0 Å². The highest BCUT2D eigenvalue weighted by molar-refractivity contribution is 7.18. The zero-order valence-electron chi connectivity index (χ0n) is 14.8. The Bertz CT molecular complexity index is 1310. The number of nitrogens with zero attached hydrogens (tertiary/aromatic N) is 6. The zero-order chi connectivity index (χ0) is 18.5. The first-order valence-corrected chi connectivity index (χ1v) is 10.1. The highest BCUT2D eigenvalue weighted by Crippen LogP contribution is 2.23. The third-order valence-electron chi connectivity index (χ3n) is 4.55. The minimum absolute atomic E-state index is 0.0331. The first kappa shape index (κ1) is 16.5. The van der Waals surface area contributed by atoms with Crippen LogP contribution in [0.1, 0.15) is 10.8 Å². The van der Waals surface area contributed by atoms with E-state index in [0.717, 1.165) is 33.1 Å². The molecule has 0 fully saturated rings. The first-order valence-electron chi connectivity index (χ1n) is 8.45. The van der Waals surface area contributed by atoms with Crippen molar-refractivity contribution in [3.8, 4) is 0 Å². The van der Waals surface area contributed by atoms with E-state index in [-0.39, 0.29) is 5.56 Å². The van der Waals surface area contributed by atoms with Gasteiger partial charge in [-0.25, -0.2) is 4.98 Å². The van der Waals surface area contributed by atoms with E-state index in [2.05, 4.69) is 21.2 Å². The maximum absolute atomic E-state index is 12.4. The average Bonchev–Trinajstić information content (AvgIpc) is 3.36. The molecule has 0 bridgehead atoms. The van der Waals surface area contributed by atoms with Crippen molar-refractivity contribution in [2.24, 2.45) is 7.05 Å². The molecule has 0 unspecified atom stereocenters. The van der Waals surface area contributed by atoms with Crippen LogP contribution in [-0.4, -0.2) is 36.1 Å². The molecule has 0 aliphatic rings. The lowest BCUT2D eigenvalue weighted by Crippen LogP contribution is -2.21. The van der Waals surface area contributed by atoms with Gasteiger partial charge in [0.2, 0.25) is 5.78 Å². The summed E-state index contributed by atoms with van der Waals surface area (Å²) in [6.45, 7) is 1.34. The number of benzene rings is 1. The van der Waals surface area contributed by atoms with E-state index in [9.17, 15) is 4.79 Å². The van der Waals surface area contributed by atoms with Crippen molar-refractivity contribution in [3.63, 3.8) is 0 Å². The van der Waals surface area contributed by atoms with Gasteiger partial charge < -0.3 is 0 Å². The van der Waals surface area contributed by atoms with Gasteiger partial charge in [-0.15, -0.1) is 32.9 Å². The number of hydrogen-bond acceptors (Lipinski definition) is 7. The Balaban J connectivity index is 1.50. The van der Waals surface area contributed by atoms with Crippen molar-refractivity contribution < 1.29 is 0 Å². The lowest BCUT2D eigenvalue weighted by Gasteiger charge is -2.14. The fraction of sp³-hybridized carbons (Fsp3) is 0.222. The number of fused-ring (bicyclic) bond motifs is 4. The molecule has 0 radical (unpaired) electrons. The highest BCUT2D eigenvalue weighted by atomic mass is 32.1. The molecule has 7 nitrogen and oxygen atoms in total. The molecule has 5 rings (SSSR count). The van der Waals surface area contributed by atoms with E-state index in [1.165, 1.54) is 16.0 Å². The van der Waals surface area contributed by atoms with Gasteiger partial charge in [0.15, 0.2) is 5.82 Å². The van der Waals surface area contributed by atoms with Crippen LogP contribution >= 0.6 is 22.7 Å². The summed E-state index contributed by atoms with van der Waals surface area (Å²) in [5.41, 5.74) is 1.87. The van der Waals surface area contributed by atoms with Gasteiger partial charge in [-0.1, -0.05) is 12.1 Å². The quantitative estimate of drug-likeness (QED) is 0.467. The third kappa shape index (κ3) is 2.66. The second kappa shape index (κ2) is 6.22. The first-order chi connectivity index (χ1) is 13.1. The Hall–Kier alpha value is -2.62. The summed E-state index contributed by atoms with van der Waals surface area (Å²) in [4.78, 5) is 19.3. The molecule has 4 heterocycles. The number of aryl methyl sites for hydroxylation is 1. The highest BCUT2D eigenvalue weighted by Gasteiger charge is 2.17. The molecule has 0 amide bonds. The number of hydrogen-bond donors (Lipinski definition) is 0. The molecule has 5 aromatic rings. The Morgan fingerprint density at radius 2 is 2.00 bits per heavy atom. The monoisotopic (exact) mass is 396 g/mol. The fourth-order valence-corrected chi connectivity index (χ4v) is 5.17. The van der Waals surface area contributed by atoms with E-state index < -0.39 is 0 Å². The molecular weight excluding hydrogens is 380 g/mol. The van der Waals surface area contributed by atoms with E-state index in [1.807, 2.05) is 41.1 Å². The van der Waals surface area contributed by atoms with Crippen molar-refractivity contribution in [1.29, 1.82) is 0 Å². The molecule has 0 spiro atoms. The topological polar surface area (TPSA) is 68.3 Å². The van der Waals surface area contributed by atoms with Gasteiger partial charge in [-0.05, 0) is 30.6 Å². The summed E-state index contributed by atoms with van der Waals surface area (Å²) in [5, 5.41) is 11.6. The molecule has 0 aliphatic heterocycles. The second-order valence-corrected chi connectivity index (χ2v) is 8.53. The minimum Gasteiger partial charge on any atom is -0.292 e. The summed E-state index contributed by atoms with van der Waals surface area (Å²) >= 11 is 3.16. The normalized spacial score (nSPS) is 12.1. The van der Waals surface area contributed by atoms with Crippen LogP contribution in [0.3, 0.4) is 0 Å². The molecule has 27 heavy (non-hydrogen) atoms. The molecule has 9 heteroatoms. The molecule has 1 aromatic carbocycles. The maximum Gasteiger partial charge on any atom is 0.272 e. The van der Waals surface area contributed by atoms with Crippen molar-refractivity contribution in [3.05, 3.63) is 56.9 Å². The largest absolute Gasteiger partial charge is 0.292 e. The Morgan fingerprint density at radius 3 is 2.85 bits per heavy atom. The molecular formula is C18H16N6OS2. The molecule has 136 valence electrons. The van der Waals surface area contributed by atoms with Crippen molar-refractivity contribution in [2.45, 2.75) is 13.1 Å². The summed E-state index contributed by atoms with van der Waals surface area (Å²) in [7, 11) is 3.78. The molecule has 0 aliphatic carbocycles. The standard InChI is InChI=1S/C18H16N6OS2/c1-22(10-15-19-11-5-3-4-6-13(11)27-15)9-14-20-21-18-23(2)17(25)16-12(24(14)18)7-8-26-16/h3-8H,9-10H2,1-2H3. The fourth-order valence-electron chi connectivity index (χ4n) is 3.27. The molecule has 4 aromatic heterocycles. The van der Waals surface area contributed by atoms with Gasteiger partial charge in [-0.3, -0.25) is 18.7 Å². The minimum atomic E-state index is -0.0331. The van der Waals surface area contributed by atoms with Crippen LogP contribution < -0.4 is 5.56 Å². The molecule has 0 saturated carbocycles. The molecule has 0 N–H and O–H groups in total. The number of thiazole rings is 1. The predicted octanol–water partition coefficient (Wildman–Crippen LogP) is 2.88. The van der Waals surface area contributed by atoms with Gasteiger partial charge in [0.25, 0.3) is 5.56 Å². The van der Waals surface area contributed by atoms with Crippen molar-refractivity contribution in [1.82, 2.24) is 29.0 Å². The van der Waals surface area contributed by atoms with E-state index in [1.54, 1.807) is 23.0 Å². The van der Waals surface area contributed by atoms with Gasteiger partial charge in [0.1, 0.15) is 9.71 Å². The smallest absolute Gasteiger partial charge is 0.272 e. The van der Waals surface area contributed by atoms with E-state index in [0.29, 0.717) is 12.3 Å².